The number of hydrogen-bond donors (Lipinski definition) is 0. The SMILES string of the molecule is CC(=O)O[C@@H]1C[C@H]2C[C@H]1[C@H]1[C@H]2[C@H]2C=C[C@H]1C2. The Bertz CT molecular complexity index is 373. The molecule has 3 saturated carbocycles. The number of carbonyl (C=O) groups is 1. The van der Waals surface area contributed by atoms with E-state index in [1.807, 2.05) is 0 Å². The van der Waals surface area contributed by atoms with Crippen molar-refractivity contribution in [1.82, 2.24) is 0 Å². The fourth-order valence-corrected chi connectivity index (χ4v) is 5.30. The normalized spacial score (nSPS) is 55.7. The van der Waals surface area contributed by atoms with Gasteiger partial charge in [0.1, 0.15) is 6.10 Å². The minimum atomic E-state index is -0.0900. The second kappa shape index (κ2) is 2.91. The Morgan fingerprint density at radius 1 is 1.12 bits per heavy atom. The van der Waals surface area contributed by atoms with Crippen LogP contribution in [0.15, 0.2) is 12.2 Å². The van der Waals surface area contributed by atoms with Gasteiger partial charge in [0.25, 0.3) is 0 Å². The Morgan fingerprint density at radius 3 is 2.62 bits per heavy atom. The lowest BCUT2D eigenvalue weighted by molar-refractivity contribution is -0.150. The summed E-state index contributed by atoms with van der Waals surface area (Å²) < 4.78 is 5.50. The largest absolute Gasteiger partial charge is 0.462 e. The van der Waals surface area contributed by atoms with Crippen LogP contribution in [0, 0.1) is 35.5 Å². The molecule has 0 aliphatic heterocycles. The highest BCUT2D eigenvalue weighted by Gasteiger charge is 2.61. The van der Waals surface area contributed by atoms with Crippen LogP contribution in [0.3, 0.4) is 0 Å². The zero-order valence-electron chi connectivity index (χ0n) is 9.63. The first-order valence-electron chi connectivity index (χ1n) is 6.59. The predicted molar refractivity (Wildman–Crippen MR) is 59.5 cm³/mol. The van der Waals surface area contributed by atoms with Gasteiger partial charge in [0.2, 0.25) is 0 Å². The van der Waals surface area contributed by atoms with Crippen LogP contribution in [0.2, 0.25) is 0 Å². The van der Waals surface area contributed by atoms with E-state index in [9.17, 15) is 4.79 Å². The molecule has 0 N–H and O–H groups in total. The fraction of sp³-hybridized carbons (Fsp3) is 0.786. The number of hydrogen-bond acceptors (Lipinski definition) is 2. The summed E-state index contributed by atoms with van der Waals surface area (Å²) in [5.74, 6) is 4.89. The topological polar surface area (TPSA) is 26.3 Å². The van der Waals surface area contributed by atoms with Gasteiger partial charge in [-0.05, 0) is 54.8 Å². The summed E-state index contributed by atoms with van der Waals surface area (Å²) in [7, 11) is 0. The van der Waals surface area contributed by atoms with E-state index in [-0.39, 0.29) is 12.1 Å². The van der Waals surface area contributed by atoms with Crippen molar-refractivity contribution in [1.29, 1.82) is 0 Å². The summed E-state index contributed by atoms with van der Waals surface area (Å²) in [6, 6.07) is 0. The van der Waals surface area contributed by atoms with E-state index in [1.165, 1.54) is 12.8 Å². The lowest BCUT2D eigenvalue weighted by Gasteiger charge is -2.36. The Balaban J connectivity index is 1.61. The molecule has 2 nitrogen and oxygen atoms in total. The Kier molecular flexibility index (Phi) is 1.68. The molecule has 7 atom stereocenters. The van der Waals surface area contributed by atoms with Gasteiger partial charge in [0.05, 0.1) is 0 Å². The maximum atomic E-state index is 11.1. The van der Waals surface area contributed by atoms with Crippen molar-refractivity contribution in [2.24, 2.45) is 35.5 Å². The van der Waals surface area contributed by atoms with Gasteiger partial charge in [-0.3, -0.25) is 4.79 Å². The van der Waals surface area contributed by atoms with Gasteiger partial charge in [-0.25, -0.2) is 0 Å². The number of esters is 1. The zero-order valence-corrected chi connectivity index (χ0v) is 9.63. The van der Waals surface area contributed by atoms with Crippen LogP contribution < -0.4 is 0 Å². The van der Waals surface area contributed by atoms with Gasteiger partial charge in [0, 0.05) is 6.92 Å². The monoisotopic (exact) mass is 218 g/mol. The third kappa shape index (κ3) is 1.01. The molecule has 4 aliphatic carbocycles. The lowest BCUT2D eigenvalue weighted by atomic mass is 9.72. The van der Waals surface area contributed by atoms with Crippen molar-refractivity contribution >= 4 is 5.97 Å². The summed E-state index contributed by atoms with van der Waals surface area (Å²) in [6.07, 6.45) is 8.97. The number of allylic oxidation sites excluding steroid dienone is 2. The summed E-state index contributed by atoms with van der Waals surface area (Å²) in [5, 5.41) is 0. The molecule has 4 aliphatic rings. The standard InChI is InChI=1S/C14H18O2/c1-7(15)16-12-6-10-5-11(12)14-9-3-2-8(4-9)13(10)14/h2-3,8-14H,4-6H2,1H3/t8-,9-,10+,11+,12+,13-,14-/m0/s1. The van der Waals surface area contributed by atoms with Crippen LogP contribution in [0.5, 0.6) is 0 Å². The number of carbonyl (C=O) groups excluding carboxylic acids is 1. The van der Waals surface area contributed by atoms with Crippen molar-refractivity contribution in [2.75, 3.05) is 0 Å². The number of fused-ring (bicyclic) bond motifs is 9. The first kappa shape index (κ1) is 9.26. The molecule has 0 unspecified atom stereocenters. The first-order chi connectivity index (χ1) is 7.74. The second-order valence-electron chi connectivity index (χ2n) is 6.15. The smallest absolute Gasteiger partial charge is 0.302 e. The van der Waals surface area contributed by atoms with Gasteiger partial charge in [-0.1, -0.05) is 12.2 Å². The number of rotatable bonds is 1. The van der Waals surface area contributed by atoms with Crippen LogP contribution in [-0.4, -0.2) is 12.1 Å². The average molecular weight is 218 g/mol. The van der Waals surface area contributed by atoms with Crippen molar-refractivity contribution in [3.63, 3.8) is 0 Å². The lowest BCUT2D eigenvalue weighted by Crippen LogP contribution is -2.35. The molecular weight excluding hydrogens is 200 g/mol. The van der Waals surface area contributed by atoms with E-state index in [0.717, 1.165) is 36.0 Å². The molecule has 4 rings (SSSR count). The molecule has 0 amide bonds. The molecule has 86 valence electrons. The Hall–Kier alpha value is -0.790. The van der Waals surface area contributed by atoms with E-state index in [2.05, 4.69) is 12.2 Å². The summed E-state index contributed by atoms with van der Waals surface area (Å²) in [5.41, 5.74) is 0. The minimum Gasteiger partial charge on any atom is -0.462 e. The zero-order chi connectivity index (χ0) is 10.9. The van der Waals surface area contributed by atoms with Crippen LogP contribution in [0.1, 0.15) is 26.2 Å². The van der Waals surface area contributed by atoms with Crippen molar-refractivity contribution < 1.29 is 9.53 Å². The molecule has 0 spiro atoms. The maximum absolute atomic E-state index is 11.1. The molecule has 0 aromatic carbocycles. The summed E-state index contributed by atoms with van der Waals surface area (Å²) >= 11 is 0. The molecule has 0 heterocycles. The Morgan fingerprint density at radius 2 is 1.88 bits per heavy atom. The highest BCUT2D eigenvalue weighted by Crippen LogP contribution is 2.65. The molecule has 3 fully saturated rings. The average Bonchev–Trinajstić information content (AvgIpc) is 2.93. The first-order valence-corrected chi connectivity index (χ1v) is 6.59. The molecule has 0 saturated heterocycles. The van der Waals surface area contributed by atoms with Gasteiger partial charge in [0.15, 0.2) is 0 Å². The van der Waals surface area contributed by atoms with Crippen LogP contribution in [0.4, 0.5) is 0 Å². The third-order valence-corrected chi connectivity index (χ3v) is 5.53. The number of ether oxygens (including phenoxy) is 1. The molecule has 0 radical (unpaired) electrons. The quantitative estimate of drug-likeness (QED) is 0.384. The van der Waals surface area contributed by atoms with E-state index < -0.39 is 0 Å². The van der Waals surface area contributed by atoms with Crippen LogP contribution in [0.25, 0.3) is 0 Å². The van der Waals surface area contributed by atoms with Crippen molar-refractivity contribution in [3.05, 3.63) is 12.2 Å². The minimum absolute atomic E-state index is 0.0900. The highest BCUT2D eigenvalue weighted by atomic mass is 16.5. The van der Waals surface area contributed by atoms with Gasteiger partial charge >= 0.3 is 5.97 Å². The van der Waals surface area contributed by atoms with Gasteiger partial charge in [-0.2, -0.15) is 0 Å². The molecule has 4 bridgehead atoms. The molecule has 2 heteroatoms. The van der Waals surface area contributed by atoms with Gasteiger partial charge < -0.3 is 4.74 Å². The second-order valence-corrected chi connectivity index (χ2v) is 6.15. The predicted octanol–water partition coefficient (Wildman–Crippen LogP) is 2.40. The van der Waals surface area contributed by atoms with Crippen LogP contribution in [-0.2, 0) is 9.53 Å². The van der Waals surface area contributed by atoms with E-state index in [0.29, 0.717) is 5.92 Å². The molecule has 0 aromatic rings. The maximum Gasteiger partial charge on any atom is 0.302 e. The third-order valence-electron chi connectivity index (χ3n) is 5.53. The summed E-state index contributed by atoms with van der Waals surface area (Å²) in [6.45, 7) is 1.55. The molecular formula is C14H18O2. The molecule has 16 heavy (non-hydrogen) atoms. The highest BCUT2D eigenvalue weighted by molar-refractivity contribution is 5.66. The van der Waals surface area contributed by atoms with Crippen molar-refractivity contribution in [3.8, 4) is 0 Å². The van der Waals surface area contributed by atoms with Gasteiger partial charge in [-0.15, -0.1) is 0 Å². The van der Waals surface area contributed by atoms with Crippen molar-refractivity contribution in [2.45, 2.75) is 32.3 Å². The molecule has 0 aromatic heterocycles. The Labute approximate surface area is 96.0 Å². The van der Waals surface area contributed by atoms with E-state index >= 15 is 0 Å². The summed E-state index contributed by atoms with van der Waals surface area (Å²) in [4.78, 5) is 11.1. The van der Waals surface area contributed by atoms with E-state index in [1.54, 1.807) is 6.92 Å². The van der Waals surface area contributed by atoms with E-state index in [4.69, 9.17) is 4.74 Å². The van der Waals surface area contributed by atoms with Crippen LogP contribution >= 0.6 is 0 Å². The fourth-order valence-electron chi connectivity index (χ4n) is 5.30.